The van der Waals surface area contributed by atoms with Crippen LogP contribution in [0.4, 0.5) is 0 Å². The van der Waals surface area contributed by atoms with Crippen molar-refractivity contribution < 1.29 is 4.74 Å². The molecule has 1 saturated heterocycles. The smallest absolute Gasteiger partial charge is 0.0562 e. The molecule has 2 nitrogen and oxygen atoms in total. The van der Waals surface area contributed by atoms with Gasteiger partial charge < -0.3 is 10.1 Å². The summed E-state index contributed by atoms with van der Waals surface area (Å²) in [5, 5.41) is 3.41. The van der Waals surface area contributed by atoms with Crippen LogP contribution in [0.2, 0.25) is 0 Å². The van der Waals surface area contributed by atoms with E-state index in [0.29, 0.717) is 5.41 Å². The van der Waals surface area contributed by atoms with Gasteiger partial charge in [0.1, 0.15) is 0 Å². The van der Waals surface area contributed by atoms with Gasteiger partial charge in [0.2, 0.25) is 0 Å². The molecule has 1 aliphatic rings. The Balaban J connectivity index is 2.69. The van der Waals surface area contributed by atoms with Gasteiger partial charge >= 0.3 is 0 Å². The molecule has 13 heavy (non-hydrogen) atoms. The summed E-state index contributed by atoms with van der Waals surface area (Å²) < 4.78 is 5.39. The maximum absolute atomic E-state index is 5.39. The molecule has 0 atom stereocenters. The molecule has 0 spiro atoms. The first-order chi connectivity index (χ1) is 5.93. The van der Waals surface area contributed by atoms with E-state index in [1.165, 1.54) is 6.42 Å². The lowest BCUT2D eigenvalue weighted by Gasteiger charge is -2.53. The van der Waals surface area contributed by atoms with Gasteiger partial charge in [-0.15, -0.1) is 0 Å². The maximum Gasteiger partial charge on any atom is 0.0562 e. The average Bonchev–Trinajstić information content (AvgIpc) is 1.96. The lowest BCUT2D eigenvalue weighted by Crippen LogP contribution is -2.63. The van der Waals surface area contributed by atoms with Gasteiger partial charge in [0.25, 0.3) is 0 Å². The summed E-state index contributed by atoms with van der Waals surface area (Å²) in [6.07, 6.45) is 1.25. The second-order valence-corrected chi connectivity index (χ2v) is 5.25. The number of hydrogen-bond acceptors (Lipinski definition) is 2. The van der Waals surface area contributed by atoms with Crippen LogP contribution in [0.1, 0.15) is 34.1 Å². The first-order valence-corrected chi connectivity index (χ1v) is 5.20. The van der Waals surface area contributed by atoms with Crippen molar-refractivity contribution in [1.29, 1.82) is 0 Å². The van der Waals surface area contributed by atoms with Crippen LogP contribution in [-0.4, -0.2) is 25.8 Å². The highest BCUT2D eigenvalue weighted by Crippen LogP contribution is 2.43. The Bertz CT molecular complexity index is 171. The van der Waals surface area contributed by atoms with E-state index in [0.717, 1.165) is 19.1 Å². The minimum Gasteiger partial charge on any atom is -0.380 e. The first-order valence-electron chi connectivity index (χ1n) is 5.20. The van der Waals surface area contributed by atoms with Gasteiger partial charge in [0.05, 0.1) is 13.2 Å². The van der Waals surface area contributed by atoms with Crippen molar-refractivity contribution in [2.75, 3.05) is 20.3 Å². The van der Waals surface area contributed by atoms with Crippen molar-refractivity contribution in [3.63, 3.8) is 0 Å². The molecule has 2 heteroatoms. The molecule has 0 aliphatic carbocycles. The van der Waals surface area contributed by atoms with Crippen molar-refractivity contribution in [2.45, 2.75) is 39.7 Å². The highest BCUT2D eigenvalue weighted by Gasteiger charge is 2.50. The van der Waals surface area contributed by atoms with Gasteiger partial charge in [0, 0.05) is 11.0 Å². The lowest BCUT2D eigenvalue weighted by molar-refractivity contribution is -0.163. The van der Waals surface area contributed by atoms with Crippen molar-refractivity contribution in [3.8, 4) is 0 Å². The van der Waals surface area contributed by atoms with Gasteiger partial charge in [-0.05, 0) is 33.2 Å². The topological polar surface area (TPSA) is 21.3 Å². The third kappa shape index (κ3) is 1.89. The zero-order valence-corrected chi connectivity index (χ0v) is 9.61. The highest BCUT2D eigenvalue weighted by atomic mass is 16.5. The second kappa shape index (κ2) is 3.58. The predicted octanol–water partition coefficient (Wildman–Crippen LogP) is 2.05. The van der Waals surface area contributed by atoms with E-state index in [9.17, 15) is 0 Å². The molecule has 1 N–H and O–H groups in total. The van der Waals surface area contributed by atoms with E-state index in [1.54, 1.807) is 0 Å². The zero-order valence-electron chi connectivity index (χ0n) is 9.61. The molecule has 1 fully saturated rings. The summed E-state index contributed by atoms with van der Waals surface area (Å²) in [6.45, 7) is 10.9. The molecule has 0 radical (unpaired) electrons. The number of rotatable bonds is 4. The van der Waals surface area contributed by atoms with Gasteiger partial charge in [0.15, 0.2) is 0 Å². The fraction of sp³-hybridized carbons (Fsp3) is 1.00. The molecular formula is C11H23NO. The Hall–Kier alpha value is -0.0800. The van der Waals surface area contributed by atoms with Crippen LogP contribution < -0.4 is 5.32 Å². The minimum absolute atomic E-state index is 0.190. The molecule has 1 aliphatic heterocycles. The molecule has 0 aromatic carbocycles. The summed E-state index contributed by atoms with van der Waals surface area (Å²) >= 11 is 0. The molecule has 1 heterocycles. The molecule has 0 aromatic rings. The number of ether oxygens (including phenoxy) is 1. The van der Waals surface area contributed by atoms with Gasteiger partial charge in [-0.25, -0.2) is 0 Å². The molecule has 0 saturated carbocycles. The fourth-order valence-electron chi connectivity index (χ4n) is 2.13. The molecule has 0 unspecified atom stereocenters. The molecule has 0 amide bonds. The molecule has 78 valence electrons. The van der Waals surface area contributed by atoms with Crippen LogP contribution in [-0.2, 0) is 4.74 Å². The summed E-state index contributed by atoms with van der Waals surface area (Å²) in [4.78, 5) is 0. The summed E-state index contributed by atoms with van der Waals surface area (Å²) in [5.74, 6) is 0.747. The third-order valence-electron chi connectivity index (χ3n) is 3.51. The molecular weight excluding hydrogens is 162 g/mol. The fourth-order valence-corrected chi connectivity index (χ4v) is 2.13. The zero-order chi connectivity index (χ0) is 10.1. The van der Waals surface area contributed by atoms with E-state index in [2.05, 4.69) is 33.0 Å². The minimum atomic E-state index is 0.190. The van der Waals surface area contributed by atoms with Crippen molar-refractivity contribution >= 4 is 0 Å². The van der Waals surface area contributed by atoms with E-state index < -0.39 is 0 Å². The quantitative estimate of drug-likeness (QED) is 0.723. The lowest BCUT2D eigenvalue weighted by atomic mass is 9.65. The van der Waals surface area contributed by atoms with Gasteiger partial charge in [-0.2, -0.15) is 0 Å². The molecule has 0 bridgehead atoms. The normalized spacial score (nSPS) is 21.7. The van der Waals surface area contributed by atoms with E-state index in [1.807, 2.05) is 7.05 Å². The monoisotopic (exact) mass is 185 g/mol. The predicted molar refractivity (Wildman–Crippen MR) is 55.8 cm³/mol. The van der Waals surface area contributed by atoms with Gasteiger partial charge in [-0.1, -0.05) is 13.8 Å². The Morgan fingerprint density at radius 1 is 1.38 bits per heavy atom. The van der Waals surface area contributed by atoms with Gasteiger partial charge in [-0.3, -0.25) is 0 Å². The highest BCUT2D eigenvalue weighted by molar-refractivity contribution is 5.02. The van der Waals surface area contributed by atoms with Crippen LogP contribution in [0.15, 0.2) is 0 Å². The Labute approximate surface area is 82.0 Å². The van der Waals surface area contributed by atoms with Crippen LogP contribution in [0, 0.1) is 11.3 Å². The van der Waals surface area contributed by atoms with Crippen molar-refractivity contribution in [3.05, 3.63) is 0 Å². The van der Waals surface area contributed by atoms with Crippen LogP contribution >= 0.6 is 0 Å². The Morgan fingerprint density at radius 2 is 1.92 bits per heavy atom. The van der Waals surface area contributed by atoms with Crippen LogP contribution in [0.3, 0.4) is 0 Å². The van der Waals surface area contributed by atoms with E-state index in [4.69, 9.17) is 4.74 Å². The first kappa shape index (κ1) is 11.0. The Kier molecular flexibility index (Phi) is 3.03. The SMILES string of the molecule is CNC(C)(C)C1(CC(C)C)COC1. The average molecular weight is 185 g/mol. The van der Waals surface area contributed by atoms with E-state index >= 15 is 0 Å². The van der Waals surface area contributed by atoms with Crippen LogP contribution in [0.5, 0.6) is 0 Å². The third-order valence-corrected chi connectivity index (χ3v) is 3.51. The summed E-state index contributed by atoms with van der Waals surface area (Å²) in [6, 6.07) is 0. The van der Waals surface area contributed by atoms with E-state index in [-0.39, 0.29) is 5.54 Å². The van der Waals surface area contributed by atoms with Crippen molar-refractivity contribution in [2.24, 2.45) is 11.3 Å². The molecule has 1 rings (SSSR count). The van der Waals surface area contributed by atoms with Crippen LogP contribution in [0.25, 0.3) is 0 Å². The maximum atomic E-state index is 5.39. The largest absolute Gasteiger partial charge is 0.380 e. The summed E-state index contributed by atoms with van der Waals surface area (Å²) in [5.41, 5.74) is 0.547. The standard InChI is InChI=1S/C11H23NO/c1-9(2)6-11(7-13-8-11)10(3,4)12-5/h9,12H,6-8H2,1-5H3. The number of nitrogens with one attached hydrogen (secondary N) is 1. The van der Waals surface area contributed by atoms with Crippen molar-refractivity contribution in [1.82, 2.24) is 5.32 Å². The summed E-state index contributed by atoms with van der Waals surface area (Å²) in [7, 11) is 2.04. The molecule has 0 aromatic heterocycles. The Morgan fingerprint density at radius 3 is 2.15 bits per heavy atom. The number of hydrogen-bond donors (Lipinski definition) is 1. The second-order valence-electron chi connectivity index (χ2n) is 5.25.